The molecule has 0 fully saturated rings. The summed E-state index contributed by atoms with van der Waals surface area (Å²) in [5.74, 6) is 0.197. The molecule has 0 aromatic heterocycles. The van der Waals surface area contributed by atoms with E-state index >= 15 is 0 Å². The van der Waals surface area contributed by atoms with E-state index in [2.05, 4.69) is 81.0 Å². The van der Waals surface area contributed by atoms with E-state index < -0.39 is 0 Å². The molecule has 21 heavy (non-hydrogen) atoms. The smallest absolute Gasteiger partial charge is 0.227 e. The van der Waals surface area contributed by atoms with Gasteiger partial charge in [0, 0.05) is 22.7 Å². The van der Waals surface area contributed by atoms with Crippen LogP contribution in [0.25, 0.3) is 0 Å². The third-order valence-electron chi connectivity index (χ3n) is 3.90. The van der Waals surface area contributed by atoms with E-state index in [0.29, 0.717) is 6.42 Å². The largest absolute Gasteiger partial charge is 0.315 e. The van der Waals surface area contributed by atoms with Crippen LogP contribution in [-0.4, -0.2) is 13.0 Å². The Bertz CT molecular complexity index is 684. The van der Waals surface area contributed by atoms with E-state index in [1.807, 2.05) is 7.05 Å². The van der Waals surface area contributed by atoms with Crippen LogP contribution in [0.15, 0.2) is 42.5 Å². The minimum absolute atomic E-state index is 0.183. The fourth-order valence-electron chi connectivity index (χ4n) is 2.66. The molecule has 0 aliphatic carbocycles. The van der Waals surface area contributed by atoms with Crippen LogP contribution in [0.1, 0.15) is 27.9 Å². The zero-order valence-electron chi connectivity index (χ0n) is 11.6. The van der Waals surface area contributed by atoms with E-state index in [-0.39, 0.29) is 10.7 Å². The molecule has 2 aromatic rings. The summed E-state index contributed by atoms with van der Waals surface area (Å²) in [6.45, 7) is 0. The molecule has 1 atom stereocenters. The summed E-state index contributed by atoms with van der Waals surface area (Å²) in [6, 6.07) is 14.9. The van der Waals surface area contributed by atoms with Gasteiger partial charge < -0.3 is 4.90 Å². The number of anilines is 1. The molecule has 3 rings (SSSR count). The van der Waals surface area contributed by atoms with Gasteiger partial charge in [0.15, 0.2) is 0 Å². The first-order valence-corrected chi connectivity index (χ1v) is 8.84. The minimum atomic E-state index is 0.183. The van der Waals surface area contributed by atoms with Crippen LogP contribution in [0.2, 0.25) is 0 Å². The number of hydrogen-bond donors (Lipinski definition) is 0. The monoisotopic (exact) mass is 455 g/mol. The standard InChI is InChI=1S/C17H15BrINO/c1-20-15-8-4-13(10-12(15)5-9-16(20)21)17(18)11-2-6-14(19)7-3-11/h2-4,6-8,10,17H,5,9H2,1H3. The lowest BCUT2D eigenvalue weighted by atomic mass is 9.96. The van der Waals surface area contributed by atoms with Gasteiger partial charge in [-0.15, -0.1) is 0 Å². The SMILES string of the molecule is CN1C(=O)CCc2cc(C(Br)c3ccc(I)cc3)ccc21. The van der Waals surface area contributed by atoms with Crippen molar-refractivity contribution in [2.75, 3.05) is 11.9 Å². The van der Waals surface area contributed by atoms with Gasteiger partial charge in [0.1, 0.15) is 0 Å². The summed E-state index contributed by atoms with van der Waals surface area (Å²) in [6.07, 6.45) is 1.43. The summed E-state index contributed by atoms with van der Waals surface area (Å²) in [5, 5.41) is 0. The first-order chi connectivity index (χ1) is 10.1. The van der Waals surface area contributed by atoms with Gasteiger partial charge in [0.2, 0.25) is 5.91 Å². The lowest BCUT2D eigenvalue weighted by molar-refractivity contribution is -0.118. The molecule has 1 amide bonds. The Hall–Kier alpha value is -0.880. The summed E-state index contributed by atoms with van der Waals surface area (Å²) >= 11 is 6.10. The number of hydrogen-bond acceptors (Lipinski definition) is 1. The summed E-state index contributed by atoms with van der Waals surface area (Å²) in [7, 11) is 1.85. The fourth-order valence-corrected chi connectivity index (χ4v) is 3.61. The molecule has 0 radical (unpaired) electrons. The number of carbonyl (C=O) groups is 1. The number of aryl methyl sites for hydroxylation is 1. The van der Waals surface area contributed by atoms with Gasteiger partial charge >= 0.3 is 0 Å². The molecule has 0 bridgehead atoms. The van der Waals surface area contributed by atoms with Crippen molar-refractivity contribution >= 4 is 50.1 Å². The lowest BCUT2D eigenvalue weighted by Crippen LogP contribution is -2.31. The first-order valence-electron chi connectivity index (χ1n) is 6.85. The maximum absolute atomic E-state index is 11.7. The number of rotatable bonds is 2. The van der Waals surface area contributed by atoms with Crippen LogP contribution in [-0.2, 0) is 11.2 Å². The van der Waals surface area contributed by atoms with Gasteiger partial charge in [0.25, 0.3) is 0 Å². The van der Waals surface area contributed by atoms with Crippen molar-refractivity contribution in [2.24, 2.45) is 0 Å². The van der Waals surface area contributed by atoms with E-state index in [1.54, 1.807) is 4.90 Å². The number of nitrogens with zero attached hydrogens (tertiary/aromatic N) is 1. The Kier molecular flexibility index (Phi) is 4.36. The molecule has 1 heterocycles. The Morgan fingerprint density at radius 1 is 1.10 bits per heavy atom. The van der Waals surface area contributed by atoms with E-state index in [4.69, 9.17) is 0 Å². The van der Waals surface area contributed by atoms with Crippen LogP contribution < -0.4 is 4.90 Å². The number of amides is 1. The van der Waals surface area contributed by atoms with Crippen LogP contribution in [0.3, 0.4) is 0 Å². The molecule has 1 aliphatic rings. The van der Waals surface area contributed by atoms with Crippen molar-refractivity contribution in [1.82, 2.24) is 0 Å². The zero-order chi connectivity index (χ0) is 15.0. The lowest BCUT2D eigenvalue weighted by Gasteiger charge is -2.26. The van der Waals surface area contributed by atoms with Crippen molar-refractivity contribution in [3.63, 3.8) is 0 Å². The third-order valence-corrected chi connectivity index (χ3v) is 5.68. The van der Waals surface area contributed by atoms with Crippen molar-refractivity contribution in [3.8, 4) is 0 Å². The molecular formula is C17H15BrINO. The summed E-state index contributed by atoms with van der Waals surface area (Å²) in [5.41, 5.74) is 4.77. The summed E-state index contributed by atoms with van der Waals surface area (Å²) < 4.78 is 1.24. The normalized spacial score (nSPS) is 15.8. The summed E-state index contributed by atoms with van der Waals surface area (Å²) in [4.78, 5) is 13.7. The maximum Gasteiger partial charge on any atom is 0.227 e. The van der Waals surface area contributed by atoms with Gasteiger partial charge in [-0.05, 0) is 63.9 Å². The van der Waals surface area contributed by atoms with Crippen molar-refractivity contribution in [2.45, 2.75) is 17.7 Å². The highest BCUT2D eigenvalue weighted by molar-refractivity contribution is 14.1. The second-order valence-electron chi connectivity index (χ2n) is 5.26. The minimum Gasteiger partial charge on any atom is -0.315 e. The quantitative estimate of drug-likeness (QED) is 0.475. The molecule has 0 spiro atoms. The Balaban J connectivity index is 1.93. The predicted octanol–water partition coefficient (Wildman–Crippen LogP) is 4.68. The molecular weight excluding hydrogens is 441 g/mol. The van der Waals surface area contributed by atoms with Gasteiger partial charge in [-0.3, -0.25) is 4.79 Å². The number of alkyl halides is 1. The van der Waals surface area contributed by atoms with Crippen molar-refractivity contribution in [3.05, 3.63) is 62.7 Å². The number of benzene rings is 2. The van der Waals surface area contributed by atoms with Crippen molar-refractivity contribution in [1.29, 1.82) is 0 Å². The molecule has 0 saturated heterocycles. The van der Waals surface area contributed by atoms with Crippen molar-refractivity contribution < 1.29 is 4.79 Å². The van der Waals surface area contributed by atoms with Gasteiger partial charge in [-0.2, -0.15) is 0 Å². The average molecular weight is 456 g/mol. The highest BCUT2D eigenvalue weighted by atomic mass is 127. The topological polar surface area (TPSA) is 20.3 Å². The van der Waals surface area contributed by atoms with Gasteiger partial charge in [0.05, 0.1) is 4.83 Å². The van der Waals surface area contributed by atoms with Crippen LogP contribution in [0.4, 0.5) is 5.69 Å². The fraction of sp³-hybridized carbons (Fsp3) is 0.235. The molecule has 1 unspecified atom stereocenters. The molecule has 4 heteroatoms. The second kappa shape index (κ2) is 6.08. The average Bonchev–Trinajstić information content (AvgIpc) is 2.51. The molecule has 2 aromatic carbocycles. The molecule has 0 N–H and O–H groups in total. The predicted molar refractivity (Wildman–Crippen MR) is 98.1 cm³/mol. The highest BCUT2D eigenvalue weighted by Crippen LogP contribution is 2.35. The van der Waals surface area contributed by atoms with Crippen LogP contribution in [0, 0.1) is 3.57 Å². The number of halogens is 2. The van der Waals surface area contributed by atoms with E-state index in [0.717, 1.165) is 12.1 Å². The van der Waals surface area contributed by atoms with E-state index in [9.17, 15) is 4.79 Å². The Morgan fingerprint density at radius 3 is 2.48 bits per heavy atom. The van der Waals surface area contributed by atoms with E-state index in [1.165, 1.54) is 20.3 Å². The second-order valence-corrected chi connectivity index (χ2v) is 7.42. The highest BCUT2D eigenvalue weighted by Gasteiger charge is 2.22. The number of carbonyl (C=O) groups excluding carboxylic acids is 1. The van der Waals surface area contributed by atoms with Crippen LogP contribution in [0.5, 0.6) is 0 Å². The molecule has 1 aliphatic heterocycles. The maximum atomic E-state index is 11.7. The van der Waals surface area contributed by atoms with Gasteiger partial charge in [-0.25, -0.2) is 0 Å². The molecule has 0 saturated carbocycles. The van der Waals surface area contributed by atoms with Crippen LogP contribution >= 0.6 is 38.5 Å². The zero-order valence-corrected chi connectivity index (χ0v) is 15.4. The molecule has 108 valence electrons. The molecule has 2 nitrogen and oxygen atoms in total. The Morgan fingerprint density at radius 2 is 1.76 bits per heavy atom. The van der Waals surface area contributed by atoms with Gasteiger partial charge in [-0.1, -0.05) is 40.2 Å². The Labute approximate surface area is 146 Å². The number of fused-ring (bicyclic) bond motifs is 1. The third kappa shape index (κ3) is 3.01. The first kappa shape index (κ1) is 15.0.